The van der Waals surface area contributed by atoms with Crippen LogP contribution in [-0.2, 0) is 0 Å². The lowest BCUT2D eigenvalue weighted by Gasteiger charge is -2.25. The molecule has 0 aliphatic heterocycles. The number of H-pyrrole nitrogens is 1. The molecule has 0 unspecified atom stereocenters. The molecule has 7 heteroatoms. The third-order valence-corrected chi connectivity index (χ3v) is 3.57. The molecule has 7 nitrogen and oxygen atoms in total. The van der Waals surface area contributed by atoms with Crippen molar-refractivity contribution in [1.29, 1.82) is 0 Å². The van der Waals surface area contributed by atoms with Crippen molar-refractivity contribution in [1.82, 2.24) is 30.9 Å². The summed E-state index contributed by atoms with van der Waals surface area (Å²) in [6.45, 7) is 0. The van der Waals surface area contributed by atoms with Crippen LogP contribution in [0.4, 0.5) is 0 Å². The molecule has 0 atom stereocenters. The summed E-state index contributed by atoms with van der Waals surface area (Å²) in [7, 11) is 2.01. The number of nitrogens with zero attached hydrogens (tertiary/aromatic N) is 4. The van der Waals surface area contributed by atoms with E-state index in [4.69, 9.17) is 4.52 Å². The molecule has 0 aromatic carbocycles. The first kappa shape index (κ1) is 11.3. The highest BCUT2D eigenvalue weighted by molar-refractivity contribution is 5.44. The van der Waals surface area contributed by atoms with Crippen LogP contribution in [0.1, 0.15) is 37.5 Å². The zero-order chi connectivity index (χ0) is 12.4. The monoisotopic (exact) mass is 248 g/mol. The fourth-order valence-corrected chi connectivity index (χ4v) is 2.44. The van der Waals surface area contributed by atoms with E-state index in [1.165, 1.54) is 0 Å². The molecule has 0 amide bonds. The zero-order valence-electron chi connectivity index (χ0n) is 10.3. The van der Waals surface area contributed by atoms with Gasteiger partial charge in [-0.25, -0.2) is 0 Å². The SMILES string of the molecule is CNC1CCC(c2nc(-c3cn[nH]n3)no2)CC1. The van der Waals surface area contributed by atoms with Gasteiger partial charge in [-0.1, -0.05) is 5.16 Å². The van der Waals surface area contributed by atoms with Gasteiger partial charge in [-0.2, -0.15) is 20.4 Å². The zero-order valence-corrected chi connectivity index (χ0v) is 10.3. The van der Waals surface area contributed by atoms with Crippen LogP contribution in [0.15, 0.2) is 10.7 Å². The minimum absolute atomic E-state index is 0.378. The molecule has 0 radical (unpaired) electrons. The van der Waals surface area contributed by atoms with Crippen molar-refractivity contribution < 1.29 is 4.52 Å². The van der Waals surface area contributed by atoms with Gasteiger partial charge in [0.25, 0.3) is 0 Å². The Morgan fingerprint density at radius 3 is 2.83 bits per heavy atom. The Labute approximate surface area is 104 Å². The van der Waals surface area contributed by atoms with E-state index >= 15 is 0 Å². The van der Waals surface area contributed by atoms with Crippen LogP contribution < -0.4 is 5.32 Å². The first-order valence-corrected chi connectivity index (χ1v) is 6.24. The van der Waals surface area contributed by atoms with Gasteiger partial charge in [-0.15, -0.1) is 0 Å². The van der Waals surface area contributed by atoms with Crippen LogP contribution in [0.3, 0.4) is 0 Å². The van der Waals surface area contributed by atoms with E-state index in [1.54, 1.807) is 6.20 Å². The molecule has 1 aliphatic rings. The Balaban J connectivity index is 1.71. The molecule has 1 fully saturated rings. The molecule has 2 aromatic rings. The van der Waals surface area contributed by atoms with Crippen molar-refractivity contribution in [2.45, 2.75) is 37.6 Å². The van der Waals surface area contributed by atoms with Gasteiger partial charge in [0.1, 0.15) is 0 Å². The minimum atomic E-state index is 0.378. The van der Waals surface area contributed by atoms with Gasteiger partial charge < -0.3 is 9.84 Å². The summed E-state index contributed by atoms with van der Waals surface area (Å²) in [4.78, 5) is 4.41. The van der Waals surface area contributed by atoms with Gasteiger partial charge in [-0.3, -0.25) is 0 Å². The topological polar surface area (TPSA) is 92.5 Å². The van der Waals surface area contributed by atoms with E-state index in [9.17, 15) is 0 Å². The van der Waals surface area contributed by atoms with Crippen molar-refractivity contribution >= 4 is 0 Å². The molecule has 0 bridgehead atoms. The van der Waals surface area contributed by atoms with Crippen LogP contribution in [0.25, 0.3) is 11.5 Å². The molecule has 1 aliphatic carbocycles. The fraction of sp³-hybridized carbons (Fsp3) is 0.636. The summed E-state index contributed by atoms with van der Waals surface area (Å²) in [5.74, 6) is 1.61. The first-order valence-electron chi connectivity index (χ1n) is 6.24. The minimum Gasteiger partial charge on any atom is -0.339 e. The van der Waals surface area contributed by atoms with Crippen molar-refractivity contribution in [2.24, 2.45) is 0 Å². The Kier molecular flexibility index (Phi) is 3.06. The predicted octanol–water partition coefficient (Wildman–Crippen LogP) is 1.10. The van der Waals surface area contributed by atoms with Gasteiger partial charge in [0.15, 0.2) is 5.69 Å². The first-order chi connectivity index (χ1) is 8.86. The van der Waals surface area contributed by atoms with Gasteiger partial charge in [-0.05, 0) is 32.7 Å². The molecule has 2 aromatic heterocycles. The predicted molar refractivity (Wildman–Crippen MR) is 63.7 cm³/mol. The summed E-state index contributed by atoms with van der Waals surface area (Å²) >= 11 is 0. The third-order valence-electron chi connectivity index (χ3n) is 3.57. The van der Waals surface area contributed by atoms with Crippen molar-refractivity contribution in [3.05, 3.63) is 12.1 Å². The molecule has 3 rings (SSSR count). The standard InChI is InChI=1S/C11H16N6O/c1-12-8-4-2-7(3-5-8)11-14-10(16-18-11)9-6-13-17-15-9/h6-8,12H,2-5H2,1H3,(H,13,15,17). The normalized spacial score (nSPS) is 24.3. The van der Waals surface area contributed by atoms with Crippen LogP contribution in [-0.4, -0.2) is 38.6 Å². The maximum absolute atomic E-state index is 5.33. The summed E-state index contributed by atoms with van der Waals surface area (Å²) < 4.78 is 5.33. The van der Waals surface area contributed by atoms with E-state index in [0.717, 1.165) is 31.6 Å². The highest BCUT2D eigenvalue weighted by atomic mass is 16.5. The van der Waals surface area contributed by atoms with E-state index < -0.39 is 0 Å². The summed E-state index contributed by atoms with van der Waals surface area (Å²) in [5, 5.41) is 17.5. The summed E-state index contributed by atoms with van der Waals surface area (Å²) in [5.41, 5.74) is 0.619. The molecular weight excluding hydrogens is 232 g/mol. The average Bonchev–Trinajstić information content (AvgIpc) is 3.09. The Bertz CT molecular complexity index is 485. The maximum atomic E-state index is 5.33. The van der Waals surface area contributed by atoms with E-state index in [0.29, 0.717) is 23.5 Å². The van der Waals surface area contributed by atoms with Crippen LogP contribution in [0.2, 0.25) is 0 Å². The lowest BCUT2D eigenvalue weighted by atomic mass is 9.86. The van der Waals surface area contributed by atoms with Gasteiger partial charge in [0.2, 0.25) is 11.7 Å². The highest BCUT2D eigenvalue weighted by Gasteiger charge is 2.26. The second kappa shape index (κ2) is 4.85. The molecule has 2 heterocycles. The second-order valence-corrected chi connectivity index (χ2v) is 4.65. The third kappa shape index (κ3) is 2.13. The number of hydrogen-bond acceptors (Lipinski definition) is 6. The second-order valence-electron chi connectivity index (χ2n) is 4.65. The van der Waals surface area contributed by atoms with Gasteiger partial charge in [0.05, 0.1) is 6.20 Å². The molecule has 18 heavy (non-hydrogen) atoms. The van der Waals surface area contributed by atoms with Crippen molar-refractivity contribution in [3.8, 4) is 11.5 Å². The van der Waals surface area contributed by atoms with E-state index in [2.05, 4.69) is 30.9 Å². The highest BCUT2D eigenvalue weighted by Crippen LogP contribution is 2.32. The van der Waals surface area contributed by atoms with Crippen LogP contribution >= 0.6 is 0 Å². The maximum Gasteiger partial charge on any atom is 0.230 e. The molecule has 96 valence electrons. The summed E-state index contributed by atoms with van der Waals surface area (Å²) in [6, 6.07) is 0.624. The van der Waals surface area contributed by atoms with E-state index in [1.807, 2.05) is 7.05 Å². The summed E-state index contributed by atoms with van der Waals surface area (Å²) in [6.07, 6.45) is 6.08. The molecule has 0 spiro atoms. The quantitative estimate of drug-likeness (QED) is 0.845. The molecule has 2 N–H and O–H groups in total. The molecule has 1 saturated carbocycles. The van der Waals surface area contributed by atoms with Gasteiger partial charge in [0, 0.05) is 12.0 Å². The fourth-order valence-electron chi connectivity index (χ4n) is 2.44. The van der Waals surface area contributed by atoms with Crippen molar-refractivity contribution in [3.63, 3.8) is 0 Å². The molecular formula is C11H16N6O. The average molecular weight is 248 g/mol. The van der Waals surface area contributed by atoms with Gasteiger partial charge >= 0.3 is 0 Å². The number of aromatic nitrogens is 5. The number of aromatic amines is 1. The van der Waals surface area contributed by atoms with Crippen LogP contribution in [0.5, 0.6) is 0 Å². The van der Waals surface area contributed by atoms with E-state index in [-0.39, 0.29) is 0 Å². The number of nitrogens with one attached hydrogen (secondary N) is 2. The number of rotatable bonds is 3. The smallest absolute Gasteiger partial charge is 0.230 e. The van der Waals surface area contributed by atoms with Crippen LogP contribution in [0, 0.1) is 0 Å². The Hall–Kier alpha value is -1.76. The molecule has 0 saturated heterocycles. The Morgan fingerprint density at radius 2 is 2.17 bits per heavy atom. The number of hydrogen-bond donors (Lipinski definition) is 2. The van der Waals surface area contributed by atoms with Crippen molar-refractivity contribution in [2.75, 3.05) is 7.05 Å². The lowest BCUT2D eigenvalue weighted by Crippen LogP contribution is -2.29. The lowest BCUT2D eigenvalue weighted by molar-refractivity contribution is 0.288. The Morgan fingerprint density at radius 1 is 1.33 bits per heavy atom. The largest absolute Gasteiger partial charge is 0.339 e.